The third-order valence-electron chi connectivity index (χ3n) is 5.50. The van der Waals surface area contributed by atoms with Crippen LogP contribution in [-0.4, -0.2) is 45.5 Å². The van der Waals surface area contributed by atoms with Crippen molar-refractivity contribution < 1.29 is 21.6 Å². The Hall–Kier alpha value is -1.77. The normalized spacial score (nSPS) is 24.3. The van der Waals surface area contributed by atoms with E-state index in [1.807, 2.05) is 0 Å². The van der Waals surface area contributed by atoms with Gasteiger partial charge >= 0.3 is 6.18 Å². The fraction of sp³-hybridized carbons (Fsp3) is 0.611. The Morgan fingerprint density at radius 1 is 1.33 bits per heavy atom. The van der Waals surface area contributed by atoms with E-state index in [0.29, 0.717) is 24.5 Å². The van der Waals surface area contributed by atoms with Crippen LogP contribution in [0, 0.1) is 0 Å². The second-order valence-corrected chi connectivity index (χ2v) is 9.61. The van der Waals surface area contributed by atoms with Crippen molar-refractivity contribution in [2.75, 3.05) is 25.1 Å². The first-order valence-electron chi connectivity index (χ1n) is 8.99. The molecule has 0 aromatic heterocycles. The van der Waals surface area contributed by atoms with Gasteiger partial charge in [0.1, 0.15) is 0 Å². The number of nitrogens with one attached hydrogen (secondary N) is 2. The van der Waals surface area contributed by atoms with E-state index in [-0.39, 0.29) is 23.0 Å². The van der Waals surface area contributed by atoms with Gasteiger partial charge in [0.25, 0.3) is 0 Å². The molecule has 1 aromatic carbocycles. The Bertz CT molecular complexity index is 817. The molecule has 1 saturated carbocycles. The number of nitrogens with zero attached hydrogens (tertiary/aromatic N) is 1. The molecule has 1 unspecified atom stereocenters. The predicted octanol–water partition coefficient (Wildman–Crippen LogP) is 2.48. The zero-order chi connectivity index (χ0) is 19.7. The largest absolute Gasteiger partial charge is 0.416 e. The second-order valence-electron chi connectivity index (χ2n) is 7.38. The van der Waals surface area contributed by atoms with Gasteiger partial charge in [-0.3, -0.25) is 4.99 Å². The summed E-state index contributed by atoms with van der Waals surface area (Å²) in [5.41, 5.74) is -0.319. The van der Waals surface area contributed by atoms with Gasteiger partial charge in [-0.15, -0.1) is 0 Å². The van der Waals surface area contributed by atoms with Gasteiger partial charge in [0.05, 0.1) is 17.1 Å². The number of sulfone groups is 1. The molecule has 2 aliphatic rings. The fourth-order valence-corrected chi connectivity index (χ4v) is 5.42. The first kappa shape index (κ1) is 20.0. The molecule has 9 heteroatoms. The average Bonchev–Trinajstić information content (AvgIpc) is 2.91. The molecule has 27 heavy (non-hydrogen) atoms. The van der Waals surface area contributed by atoms with Gasteiger partial charge < -0.3 is 10.6 Å². The van der Waals surface area contributed by atoms with Crippen molar-refractivity contribution in [3.05, 3.63) is 35.4 Å². The Labute approximate surface area is 157 Å². The molecule has 2 N–H and O–H groups in total. The van der Waals surface area contributed by atoms with Gasteiger partial charge in [0.2, 0.25) is 0 Å². The quantitative estimate of drug-likeness (QED) is 0.599. The molecule has 1 heterocycles. The number of rotatable bonds is 4. The van der Waals surface area contributed by atoms with Crippen molar-refractivity contribution in [3.63, 3.8) is 0 Å². The molecule has 5 nitrogen and oxygen atoms in total. The van der Waals surface area contributed by atoms with E-state index in [4.69, 9.17) is 0 Å². The molecule has 2 fully saturated rings. The van der Waals surface area contributed by atoms with Gasteiger partial charge in [-0.05, 0) is 30.9 Å². The summed E-state index contributed by atoms with van der Waals surface area (Å²) in [5.74, 6) is 0.720. The lowest BCUT2D eigenvalue weighted by Crippen LogP contribution is -2.51. The topological polar surface area (TPSA) is 70.6 Å². The molecule has 1 atom stereocenters. The molecule has 3 rings (SSSR count). The first-order valence-corrected chi connectivity index (χ1v) is 10.8. The van der Waals surface area contributed by atoms with Gasteiger partial charge in [-0.1, -0.05) is 24.6 Å². The van der Waals surface area contributed by atoms with E-state index < -0.39 is 21.6 Å². The SMILES string of the molecule is CN=C(NCC1(c2cccc(C(F)(F)F)c2)CCC1)NC1CCS(=O)(=O)C1. The Balaban J connectivity index is 1.68. The van der Waals surface area contributed by atoms with Crippen LogP contribution in [0.2, 0.25) is 0 Å². The van der Waals surface area contributed by atoms with E-state index in [1.165, 1.54) is 12.1 Å². The number of aliphatic imine (C=N–C) groups is 1. The van der Waals surface area contributed by atoms with Crippen molar-refractivity contribution in [3.8, 4) is 0 Å². The lowest BCUT2D eigenvalue weighted by Gasteiger charge is -2.43. The van der Waals surface area contributed by atoms with E-state index in [0.717, 1.165) is 25.3 Å². The van der Waals surface area contributed by atoms with Crippen molar-refractivity contribution in [1.29, 1.82) is 0 Å². The molecule has 0 amide bonds. The number of halogens is 3. The predicted molar refractivity (Wildman–Crippen MR) is 98.5 cm³/mol. The van der Waals surface area contributed by atoms with Crippen LogP contribution in [0.5, 0.6) is 0 Å². The van der Waals surface area contributed by atoms with Gasteiger partial charge in [-0.2, -0.15) is 13.2 Å². The molecule has 1 aliphatic heterocycles. The highest BCUT2D eigenvalue weighted by Crippen LogP contribution is 2.44. The number of hydrogen-bond donors (Lipinski definition) is 2. The number of guanidine groups is 1. The summed E-state index contributed by atoms with van der Waals surface area (Å²) in [5, 5.41) is 6.29. The molecule has 0 spiro atoms. The van der Waals surface area contributed by atoms with Crippen LogP contribution in [0.4, 0.5) is 13.2 Å². The van der Waals surface area contributed by atoms with E-state index in [9.17, 15) is 21.6 Å². The van der Waals surface area contributed by atoms with Crippen LogP contribution < -0.4 is 10.6 Å². The average molecular weight is 403 g/mol. The first-order chi connectivity index (χ1) is 12.6. The number of benzene rings is 1. The van der Waals surface area contributed by atoms with Crippen molar-refractivity contribution in [2.45, 2.75) is 43.3 Å². The third-order valence-corrected chi connectivity index (χ3v) is 7.27. The minimum Gasteiger partial charge on any atom is -0.356 e. The van der Waals surface area contributed by atoms with Crippen molar-refractivity contribution in [1.82, 2.24) is 10.6 Å². The van der Waals surface area contributed by atoms with Crippen LogP contribution in [0.25, 0.3) is 0 Å². The van der Waals surface area contributed by atoms with Crippen LogP contribution in [0.3, 0.4) is 0 Å². The lowest BCUT2D eigenvalue weighted by molar-refractivity contribution is -0.137. The highest BCUT2D eigenvalue weighted by Gasteiger charge is 2.40. The molecule has 0 radical (unpaired) electrons. The molecule has 1 saturated heterocycles. The summed E-state index contributed by atoms with van der Waals surface area (Å²) in [4.78, 5) is 4.13. The Morgan fingerprint density at radius 3 is 2.59 bits per heavy atom. The van der Waals surface area contributed by atoms with Crippen LogP contribution in [-0.2, 0) is 21.4 Å². The number of hydrogen-bond acceptors (Lipinski definition) is 3. The third kappa shape index (κ3) is 4.56. The smallest absolute Gasteiger partial charge is 0.356 e. The minimum absolute atomic E-state index is 0.0759. The zero-order valence-corrected chi connectivity index (χ0v) is 16.0. The van der Waals surface area contributed by atoms with Crippen molar-refractivity contribution in [2.24, 2.45) is 4.99 Å². The van der Waals surface area contributed by atoms with Crippen LogP contribution in [0.1, 0.15) is 36.8 Å². The number of alkyl halides is 3. The Kier molecular flexibility index (Phi) is 5.42. The molecular formula is C18H24F3N3O2S. The maximum atomic E-state index is 13.0. The summed E-state index contributed by atoms with van der Waals surface area (Å²) >= 11 is 0. The maximum Gasteiger partial charge on any atom is 0.416 e. The van der Waals surface area contributed by atoms with E-state index in [1.54, 1.807) is 13.1 Å². The zero-order valence-electron chi connectivity index (χ0n) is 15.1. The molecular weight excluding hydrogens is 379 g/mol. The van der Waals surface area contributed by atoms with Crippen LogP contribution >= 0.6 is 0 Å². The summed E-state index contributed by atoms with van der Waals surface area (Å²) in [6.07, 6.45) is -1.27. The summed E-state index contributed by atoms with van der Waals surface area (Å²) in [6.45, 7) is 0.452. The monoisotopic (exact) mass is 403 g/mol. The van der Waals surface area contributed by atoms with Gasteiger partial charge in [0.15, 0.2) is 15.8 Å². The second kappa shape index (κ2) is 7.33. The summed E-state index contributed by atoms with van der Waals surface area (Å²) in [7, 11) is -1.41. The summed E-state index contributed by atoms with van der Waals surface area (Å²) < 4.78 is 62.3. The standard InChI is InChI=1S/C18H24F3N3O2S/c1-22-16(24-15-6-9-27(25,26)11-15)23-12-17(7-3-8-17)13-4-2-5-14(10-13)18(19,20)21/h2,4-5,10,15H,3,6-9,11-12H2,1H3,(H2,22,23,24). The van der Waals surface area contributed by atoms with E-state index >= 15 is 0 Å². The highest BCUT2D eigenvalue weighted by atomic mass is 32.2. The molecule has 1 aliphatic carbocycles. The summed E-state index contributed by atoms with van der Waals surface area (Å²) in [6, 6.07) is 5.34. The highest BCUT2D eigenvalue weighted by molar-refractivity contribution is 7.91. The van der Waals surface area contributed by atoms with Gasteiger partial charge in [0, 0.05) is 25.0 Å². The Morgan fingerprint density at radius 2 is 2.07 bits per heavy atom. The maximum absolute atomic E-state index is 13.0. The van der Waals surface area contributed by atoms with E-state index in [2.05, 4.69) is 15.6 Å². The van der Waals surface area contributed by atoms with Gasteiger partial charge in [-0.25, -0.2) is 8.42 Å². The minimum atomic E-state index is -4.36. The lowest BCUT2D eigenvalue weighted by atomic mass is 9.64. The molecule has 150 valence electrons. The molecule has 0 bridgehead atoms. The molecule has 1 aromatic rings. The fourth-order valence-electron chi connectivity index (χ4n) is 3.75. The van der Waals surface area contributed by atoms with Crippen molar-refractivity contribution >= 4 is 15.8 Å². The van der Waals surface area contributed by atoms with Crippen LogP contribution in [0.15, 0.2) is 29.3 Å².